The molecule has 1 unspecified atom stereocenters. The van der Waals surface area contributed by atoms with Gasteiger partial charge >= 0.3 is 0 Å². The zero-order valence-corrected chi connectivity index (χ0v) is 10.8. The summed E-state index contributed by atoms with van der Waals surface area (Å²) in [6.07, 6.45) is 4.66. The molecule has 1 fully saturated rings. The van der Waals surface area contributed by atoms with Crippen LogP contribution in [0.4, 0.5) is 0 Å². The van der Waals surface area contributed by atoms with Crippen molar-refractivity contribution in [2.24, 2.45) is 7.05 Å². The Morgan fingerprint density at radius 1 is 1.65 bits per heavy atom. The minimum absolute atomic E-state index is 0.224. The number of β-lactam (4-membered cyclic amide) rings is 1. The Bertz CT molecular complexity index is 474. The van der Waals surface area contributed by atoms with Gasteiger partial charge in [0.25, 0.3) is 0 Å². The first-order valence-electron chi connectivity index (χ1n) is 5.24. The van der Waals surface area contributed by atoms with Gasteiger partial charge in [0.15, 0.2) is 0 Å². The van der Waals surface area contributed by atoms with E-state index >= 15 is 0 Å². The Morgan fingerprint density at radius 3 is 3.18 bits per heavy atom. The van der Waals surface area contributed by atoms with Gasteiger partial charge < -0.3 is 4.90 Å². The van der Waals surface area contributed by atoms with Gasteiger partial charge in [0.1, 0.15) is 0 Å². The molecular formula is C9H11N5OS2. The maximum atomic E-state index is 11.2. The van der Waals surface area contributed by atoms with Crippen LogP contribution in [0.2, 0.25) is 0 Å². The smallest absolute Gasteiger partial charge is 0.230 e. The maximum absolute atomic E-state index is 11.2. The number of tetrazole rings is 1. The van der Waals surface area contributed by atoms with Gasteiger partial charge in [-0.25, -0.2) is 4.68 Å². The summed E-state index contributed by atoms with van der Waals surface area (Å²) in [6, 6.07) is 0. The van der Waals surface area contributed by atoms with Crippen molar-refractivity contribution in [2.75, 3.05) is 5.75 Å². The lowest BCUT2D eigenvalue weighted by atomic mass is 10.2. The van der Waals surface area contributed by atoms with Gasteiger partial charge in [-0.15, -0.1) is 16.9 Å². The van der Waals surface area contributed by atoms with E-state index in [1.165, 1.54) is 0 Å². The van der Waals surface area contributed by atoms with Crippen molar-refractivity contribution in [3.05, 3.63) is 12.3 Å². The summed E-state index contributed by atoms with van der Waals surface area (Å²) < 4.78 is 1.67. The number of hydrogen-bond acceptors (Lipinski definition) is 6. The highest BCUT2D eigenvalue weighted by atomic mass is 32.2. The van der Waals surface area contributed by atoms with Crippen LogP contribution in [0.5, 0.6) is 0 Å². The Balaban J connectivity index is 1.57. The van der Waals surface area contributed by atoms with E-state index in [0.29, 0.717) is 17.0 Å². The first kappa shape index (κ1) is 11.1. The predicted molar refractivity (Wildman–Crippen MR) is 65.3 cm³/mol. The Hall–Kier alpha value is -1.02. The molecule has 2 atom stereocenters. The van der Waals surface area contributed by atoms with Crippen LogP contribution in [0.3, 0.4) is 0 Å². The lowest BCUT2D eigenvalue weighted by molar-refractivity contribution is -0.137. The number of carbonyl (C=O) groups excluding carboxylic acids is 1. The third kappa shape index (κ3) is 2.06. The molecule has 2 aliphatic heterocycles. The molecule has 1 aromatic heterocycles. The number of carbonyl (C=O) groups is 1. The number of nitrogens with zero attached hydrogens (tertiary/aromatic N) is 5. The Morgan fingerprint density at radius 2 is 2.53 bits per heavy atom. The topological polar surface area (TPSA) is 63.9 Å². The Labute approximate surface area is 107 Å². The molecule has 0 saturated carbocycles. The van der Waals surface area contributed by atoms with Gasteiger partial charge in [0, 0.05) is 24.3 Å². The summed E-state index contributed by atoms with van der Waals surface area (Å²) in [4.78, 5) is 13.0. The van der Waals surface area contributed by atoms with Crippen LogP contribution in [0, 0.1) is 0 Å². The molecule has 0 aliphatic carbocycles. The minimum Gasteiger partial charge on any atom is -0.306 e. The number of amides is 1. The van der Waals surface area contributed by atoms with Crippen LogP contribution < -0.4 is 0 Å². The number of thioether (sulfide) groups is 2. The third-order valence-corrected chi connectivity index (χ3v) is 5.42. The average Bonchev–Trinajstić information content (AvgIpc) is 2.71. The molecule has 0 N–H and O–H groups in total. The molecule has 8 heteroatoms. The summed E-state index contributed by atoms with van der Waals surface area (Å²) in [6.45, 7) is 0. The lowest BCUT2D eigenvalue weighted by Gasteiger charge is -2.41. The van der Waals surface area contributed by atoms with Gasteiger partial charge in [-0.1, -0.05) is 17.8 Å². The molecular weight excluding hydrogens is 258 g/mol. The second-order valence-corrected chi connectivity index (χ2v) is 6.28. The van der Waals surface area contributed by atoms with E-state index in [1.54, 1.807) is 21.3 Å². The summed E-state index contributed by atoms with van der Waals surface area (Å²) in [5.74, 6) is 1.15. The molecule has 3 heterocycles. The van der Waals surface area contributed by atoms with Crippen molar-refractivity contribution >= 4 is 29.4 Å². The molecule has 0 bridgehead atoms. The second kappa shape index (κ2) is 4.34. The van der Waals surface area contributed by atoms with Gasteiger partial charge in [0.05, 0.1) is 11.8 Å². The summed E-state index contributed by atoms with van der Waals surface area (Å²) in [7, 11) is 1.83. The molecule has 0 radical (unpaired) electrons. The maximum Gasteiger partial charge on any atom is 0.230 e. The molecule has 1 saturated heterocycles. The Kier molecular flexibility index (Phi) is 2.83. The average molecular weight is 269 g/mol. The van der Waals surface area contributed by atoms with Crippen LogP contribution in [-0.4, -0.2) is 47.4 Å². The van der Waals surface area contributed by atoms with E-state index in [2.05, 4.69) is 21.6 Å². The van der Waals surface area contributed by atoms with Gasteiger partial charge in [-0.3, -0.25) is 4.79 Å². The lowest BCUT2D eigenvalue weighted by Crippen LogP contribution is -2.49. The highest BCUT2D eigenvalue weighted by molar-refractivity contribution is 8.03. The highest BCUT2D eigenvalue weighted by Crippen LogP contribution is 2.38. The van der Waals surface area contributed by atoms with E-state index in [0.717, 1.165) is 10.9 Å². The molecule has 90 valence electrons. The minimum atomic E-state index is 0.224. The third-order valence-electron chi connectivity index (χ3n) is 2.70. The van der Waals surface area contributed by atoms with Crippen LogP contribution >= 0.6 is 23.5 Å². The molecule has 17 heavy (non-hydrogen) atoms. The monoisotopic (exact) mass is 269 g/mol. The molecule has 6 nitrogen and oxygen atoms in total. The molecule has 2 aliphatic rings. The van der Waals surface area contributed by atoms with Crippen molar-refractivity contribution < 1.29 is 4.79 Å². The van der Waals surface area contributed by atoms with Crippen molar-refractivity contribution in [3.63, 3.8) is 0 Å². The summed E-state index contributed by atoms with van der Waals surface area (Å²) >= 11 is 3.47. The molecule has 0 spiro atoms. The fourth-order valence-corrected chi connectivity index (χ4v) is 4.11. The van der Waals surface area contributed by atoms with Crippen molar-refractivity contribution in [1.29, 1.82) is 0 Å². The summed E-state index contributed by atoms with van der Waals surface area (Å²) in [5, 5.41) is 12.9. The zero-order chi connectivity index (χ0) is 11.8. The quantitative estimate of drug-likeness (QED) is 0.588. The fourth-order valence-electron chi connectivity index (χ4n) is 1.72. The number of rotatable bonds is 3. The van der Waals surface area contributed by atoms with E-state index in [-0.39, 0.29) is 5.91 Å². The van der Waals surface area contributed by atoms with Crippen molar-refractivity contribution in [3.8, 4) is 0 Å². The van der Waals surface area contributed by atoms with E-state index in [9.17, 15) is 4.79 Å². The van der Waals surface area contributed by atoms with Gasteiger partial charge in [0.2, 0.25) is 11.1 Å². The van der Waals surface area contributed by atoms with E-state index in [4.69, 9.17) is 0 Å². The number of fused-ring (bicyclic) bond motifs is 1. The van der Waals surface area contributed by atoms with E-state index in [1.807, 2.05) is 25.0 Å². The molecule has 0 aromatic carbocycles. The van der Waals surface area contributed by atoms with Crippen LogP contribution in [0.15, 0.2) is 17.4 Å². The van der Waals surface area contributed by atoms with Crippen molar-refractivity contribution in [1.82, 2.24) is 25.1 Å². The normalized spacial score (nSPS) is 26.9. The van der Waals surface area contributed by atoms with E-state index < -0.39 is 0 Å². The second-order valence-electron chi connectivity index (χ2n) is 3.87. The predicted octanol–water partition coefficient (Wildman–Crippen LogP) is 0.490. The zero-order valence-electron chi connectivity index (χ0n) is 9.18. The number of aryl methyl sites for hydroxylation is 1. The summed E-state index contributed by atoms with van der Waals surface area (Å²) in [5.41, 5.74) is 0. The standard InChI is InChI=1S/C9H11N5OS2/c1-13-9(10-11-12-13)16-5-6-2-3-14-7(15)4-8(14)17-6/h2-3,6,8H,4-5H2,1H3/t6?,8-/m1/s1. The van der Waals surface area contributed by atoms with Gasteiger partial charge in [-0.05, 0) is 10.4 Å². The van der Waals surface area contributed by atoms with Crippen LogP contribution in [0.1, 0.15) is 6.42 Å². The van der Waals surface area contributed by atoms with Crippen molar-refractivity contribution in [2.45, 2.75) is 22.2 Å². The van der Waals surface area contributed by atoms with Crippen LogP contribution in [0.25, 0.3) is 0 Å². The number of aromatic nitrogens is 4. The highest BCUT2D eigenvalue weighted by Gasteiger charge is 2.38. The molecule has 3 rings (SSSR count). The first-order valence-corrected chi connectivity index (χ1v) is 7.17. The first-order chi connectivity index (χ1) is 8.24. The largest absolute Gasteiger partial charge is 0.306 e. The van der Waals surface area contributed by atoms with Gasteiger partial charge in [-0.2, -0.15) is 0 Å². The molecule has 1 amide bonds. The van der Waals surface area contributed by atoms with Crippen LogP contribution in [-0.2, 0) is 11.8 Å². The number of hydrogen-bond donors (Lipinski definition) is 0. The fraction of sp³-hybridized carbons (Fsp3) is 0.556. The molecule has 1 aromatic rings. The SMILES string of the molecule is Cn1nnnc1SCC1C=CN2C(=O)C[C@H]2S1.